The molecule has 0 aromatic heterocycles. The van der Waals surface area contributed by atoms with Crippen LogP contribution in [0.15, 0.2) is 53.4 Å². The first-order valence-electron chi connectivity index (χ1n) is 10.2. The molecule has 1 amide bonds. The van der Waals surface area contributed by atoms with Gasteiger partial charge in [-0.05, 0) is 56.0 Å². The summed E-state index contributed by atoms with van der Waals surface area (Å²) in [6, 6.07) is 16.0. The van der Waals surface area contributed by atoms with E-state index in [2.05, 4.69) is 5.32 Å². The lowest BCUT2D eigenvalue weighted by Crippen LogP contribution is -2.43. The number of amides is 1. The largest absolute Gasteiger partial charge is 0.349 e. The second-order valence-electron chi connectivity index (χ2n) is 7.69. The van der Waals surface area contributed by atoms with Crippen molar-refractivity contribution in [2.75, 3.05) is 13.1 Å². The molecule has 158 valence electrons. The Morgan fingerprint density at radius 1 is 1.13 bits per heavy atom. The molecule has 1 fully saturated rings. The van der Waals surface area contributed by atoms with Crippen LogP contribution in [0.5, 0.6) is 0 Å². The molecule has 0 saturated carbocycles. The summed E-state index contributed by atoms with van der Waals surface area (Å²) in [6.07, 6.45) is 1.78. The SMILES string of the molecule is CC[C@H](NC(=O)C1CCN(S(=O)(=O)c2ccc(C#N)cc2)CC1)c1ccc(C)cc1. The van der Waals surface area contributed by atoms with Crippen LogP contribution < -0.4 is 5.32 Å². The van der Waals surface area contributed by atoms with Gasteiger partial charge in [0.25, 0.3) is 0 Å². The molecule has 0 unspecified atom stereocenters. The van der Waals surface area contributed by atoms with E-state index in [0.29, 0.717) is 31.5 Å². The van der Waals surface area contributed by atoms with E-state index in [0.717, 1.165) is 12.0 Å². The highest BCUT2D eigenvalue weighted by molar-refractivity contribution is 7.89. The number of hydrogen-bond acceptors (Lipinski definition) is 4. The predicted molar refractivity (Wildman–Crippen MR) is 115 cm³/mol. The quantitative estimate of drug-likeness (QED) is 0.766. The van der Waals surface area contributed by atoms with E-state index in [9.17, 15) is 13.2 Å². The van der Waals surface area contributed by atoms with Gasteiger partial charge in [-0.1, -0.05) is 36.8 Å². The number of rotatable bonds is 6. The number of piperidine rings is 1. The van der Waals surface area contributed by atoms with Gasteiger partial charge in [-0.25, -0.2) is 8.42 Å². The summed E-state index contributed by atoms with van der Waals surface area (Å²) in [4.78, 5) is 13.0. The molecule has 0 aliphatic carbocycles. The molecule has 30 heavy (non-hydrogen) atoms. The number of aryl methyl sites for hydroxylation is 1. The van der Waals surface area contributed by atoms with Crippen LogP contribution in [0.2, 0.25) is 0 Å². The van der Waals surface area contributed by atoms with Crippen LogP contribution >= 0.6 is 0 Å². The Balaban J connectivity index is 1.60. The highest BCUT2D eigenvalue weighted by Crippen LogP contribution is 2.25. The topological polar surface area (TPSA) is 90.3 Å². The lowest BCUT2D eigenvalue weighted by atomic mass is 9.95. The van der Waals surface area contributed by atoms with Crippen LogP contribution in [0.25, 0.3) is 0 Å². The highest BCUT2D eigenvalue weighted by atomic mass is 32.2. The minimum Gasteiger partial charge on any atom is -0.349 e. The Hall–Kier alpha value is -2.69. The standard InChI is InChI=1S/C23H27N3O3S/c1-3-22(19-8-4-17(2)5-9-19)25-23(27)20-12-14-26(15-13-20)30(28,29)21-10-6-18(16-24)7-11-21/h4-11,20,22H,3,12-15H2,1-2H3,(H,25,27)/t22-/m0/s1. The molecule has 1 aliphatic heterocycles. The van der Waals surface area contributed by atoms with Crippen LogP contribution in [-0.2, 0) is 14.8 Å². The van der Waals surface area contributed by atoms with Crippen molar-refractivity contribution in [2.45, 2.75) is 44.0 Å². The Labute approximate surface area is 178 Å². The second kappa shape index (κ2) is 9.41. The summed E-state index contributed by atoms with van der Waals surface area (Å²) in [7, 11) is -3.62. The minimum atomic E-state index is -3.62. The van der Waals surface area contributed by atoms with Crippen molar-refractivity contribution >= 4 is 15.9 Å². The molecule has 1 N–H and O–H groups in total. The van der Waals surface area contributed by atoms with Crippen LogP contribution in [0.1, 0.15) is 48.9 Å². The molecule has 1 saturated heterocycles. The first-order chi connectivity index (χ1) is 14.3. The minimum absolute atomic E-state index is 0.0159. The second-order valence-corrected chi connectivity index (χ2v) is 9.63. The maximum absolute atomic E-state index is 12.8. The molecule has 7 heteroatoms. The average Bonchev–Trinajstić information content (AvgIpc) is 2.78. The molecule has 2 aromatic rings. The van der Waals surface area contributed by atoms with E-state index in [1.54, 1.807) is 0 Å². The molecule has 0 spiro atoms. The summed E-state index contributed by atoms with van der Waals surface area (Å²) < 4.78 is 27.1. The van der Waals surface area contributed by atoms with Gasteiger partial charge in [0.15, 0.2) is 0 Å². The fourth-order valence-corrected chi connectivity index (χ4v) is 5.19. The Kier molecular flexibility index (Phi) is 6.91. The molecule has 6 nitrogen and oxygen atoms in total. The van der Waals surface area contributed by atoms with Gasteiger partial charge in [0.1, 0.15) is 0 Å². The number of carbonyl (C=O) groups is 1. The van der Waals surface area contributed by atoms with Crippen molar-refractivity contribution in [1.82, 2.24) is 9.62 Å². The maximum Gasteiger partial charge on any atom is 0.243 e. The summed E-state index contributed by atoms with van der Waals surface area (Å²) in [5.74, 6) is -0.213. The van der Waals surface area contributed by atoms with Crippen molar-refractivity contribution in [1.29, 1.82) is 5.26 Å². The molecular formula is C23H27N3O3S. The maximum atomic E-state index is 12.8. The number of sulfonamides is 1. The number of nitriles is 1. The normalized spacial score (nSPS) is 16.6. The number of nitrogens with one attached hydrogen (secondary N) is 1. The lowest BCUT2D eigenvalue weighted by molar-refractivity contribution is -0.126. The summed E-state index contributed by atoms with van der Waals surface area (Å²) in [5.41, 5.74) is 2.68. The number of nitrogens with zero attached hydrogens (tertiary/aromatic N) is 2. The van der Waals surface area contributed by atoms with E-state index in [1.165, 1.54) is 34.1 Å². The molecule has 0 radical (unpaired) electrons. The Morgan fingerprint density at radius 2 is 1.73 bits per heavy atom. The monoisotopic (exact) mass is 425 g/mol. The van der Waals surface area contributed by atoms with Crippen molar-refractivity contribution in [3.05, 3.63) is 65.2 Å². The van der Waals surface area contributed by atoms with Crippen molar-refractivity contribution in [3.63, 3.8) is 0 Å². The molecule has 3 rings (SSSR count). The molecule has 1 aliphatic rings. The van der Waals surface area contributed by atoms with E-state index in [4.69, 9.17) is 5.26 Å². The third-order valence-corrected chi connectivity index (χ3v) is 7.56. The summed E-state index contributed by atoms with van der Waals surface area (Å²) >= 11 is 0. The van der Waals surface area contributed by atoms with Gasteiger partial charge in [-0.2, -0.15) is 9.57 Å². The molecule has 1 heterocycles. The van der Waals surface area contributed by atoms with Gasteiger partial charge in [0, 0.05) is 19.0 Å². The first-order valence-corrected chi connectivity index (χ1v) is 11.7. The van der Waals surface area contributed by atoms with Crippen molar-refractivity contribution < 1.29 is 13.2 Å². The van der Waals surface area contributed by atoms with Gasteiger partial charge < -0.3 is 5.32 Å². The third-order valence-electron chi connectivity index (χ3n) is 5.65. The number of carbonyl (C=O) groups excluding carboxylic acids is 1. The highest BCUT2D eigenvalue weighted by Gasteiger charge is 2.32. The van der Waals surface area contributed by atoms with Crippen LogP contribution in [0.4, 0.5) is 0 Å². The molecule has 1 atom stereocenters. The van der Waals surface area contributed by atoms with E-state index in [-0.39, 0.29) is 22.8 Å². The van der Waals surface area contributed by atoms with Crippen LogP contribution in [0, 0.1) is 24.2 Å². The zero-order valence-electron chi connectivity index (χ0n) is 17.3. The molecular weight excluding hydrogens is 398 g/mol. The summed E-state index contributed by atoms with van der Waals surface area (Å²) in [5, 5.41) is 12.0. The van der Waals surface area contributed by atoms with E-state index >= 15 is 0 Å². The Bertz CT molecular complexity index is 1020. The molecule has 2 aromatic carbocycles. The van der Waals surface area contributed by atoms with Crippen LogP contribution in [-0.4, -0.2) is 31.7 Å². The zero-order chi connectivity index (χ0) is 21.7. The number of hydrogen-bond donors (Lipinski definition) is 1. The summed E-state index contributed by atoms with van der Waals surface area (Å²) in [6.45, 7) is 4.68. The Morgan fingerprint density at radius 3 is 2.27 bits per heavy atom. The van der Waals surface area contributed by atoms with Crippen molar-refractivity contribution in [3.8, 4) is 6.07 Å². The molecule has 0 bridgehead atoms. The predicted octanol–water partition coefficient (Wildman–Crippen LogP) is 3.53. The van der Waals surface area contributed by atoms with Gasteiger partial charge in [-0.15, -0.1) is 0 Å². The van der Waals surface area contributed by atoms with Gasteiger partial charge in [0.05, 0.1) is 22.6 Å². The van der Waals surface area contributed by atoms with Gasteiger partial charge >= 0.3 is 0 Å². The van der Waals surface area contributed by atoms with E-state index in [1.807, 2.05) is 44.2 Å². The smallest absolute Gasteiger partial charge is 0.243 e. The lowest BCUT2D eigenvalue weighted by Gasteiger charge is -2.31. The average molecular weight is 426 g/mol. The van der Waals surface area contributed by atoms with Gasteiger partial charge in [0.2, 0.25) is 15.9 Å². The van der Waals surface area contributed by atoms with Gasteiger partial charge in [-0.3, -0.25) is 4.79 Å². The first kappa shape index (κ1) is 22.0. The fraction of sp³-hybridized carbons (Fsp3) is 0.391. The fourth-order valence-electron chi connectivity index (χ4n) is 3.72. The van der Waals surface area contributed by atoms with Crippen LogP contribution in [0.3, 0.4) is 0 Å². The number of benzene rings is 2. The zero-order valence-corrected chi connectivity index (χ0v) is 18.2. The third kappa shape index (κ3) is 4.89. The van der Waals surface area contributed by atoms with Crippen molar-refractivity contribution in [2.24, 2.45) is 5.92 Å². The van der Waals surface area contributed by atoms with E-state index < -0.39 is 10.0 Å².